The van der Waals surface area contributed by atoms with Crippen molar-refractivity contribution in [3.8, 4) is 11.8 Å². The minimum Gasteiger partial charge on any atom is -0.225 e. The highest BCUT2D eigenvalue weighted by Crippen LogP contribution is 2.13. The van der Waals surface area contributed by atoms with Crippen molar-refractivity contribution in [2.45, 2.75) is 0 Å². The zero-order chi connectivity index (χ0) is 11.4. The number of hydrogen-bond donors (Lipinski definition) is 0. The summed E-state index contributed by atoms with van der Waals surface area (Å²) in [6.45, 7) is 0. The van der Waals surface area contributed by atoms with Crippen LogP contribution in [0.2, 0.25) is 5.28 Å². The molecule has 0 N–H and O–H groups in total. The average Bonchev–Trinajstić information content (AvgIpc) is 2.32. The van der Waals surface area contributed by atoms with E-state index in [-0.39, 0.29) is 5.28 Å². The first-order valence-electron chi connectivity index (χ1n) is 4.51. The van der Waals surface area contributed by atoms with Gasteiger partial charge in [-0.3, -0.25) is 0 Å². The lowest BCUT2D eigenvalue weighted by Crippen LogP contribution is -1.88. The monoisotopic (exact) mass is 292 g/mol. The van der Waals surface area contributed by atoms with Crippen molar-refractivity contribution in [2.75, 3.05) is 0 Å². The maximum atomic E-state index is 5.69. The van der Waals surface area contributed by atoms with Crippen LogP contribution >= 0.6 is 27.5 Å². The molecule has 0 saturated heterocycles. The molecule has 2 rings (SSSR count). The van der Waals surface area contributed by atoms with Crippen LogP contribution in [0, 0.1) is 11.8 Å². The van der Waals surface area contributed by atoms with Gasteiger partial charge in [0.25, 0.3) is 0 Å². The van der Waals surface area contributed by atoms with E-state index in [1.54, 1.807) is 6.20 Å². The van der Waals surface area contributed by atoms with Gasteiger partial charge in [-0.2, -0.15) is 0 Å². The number of benzene rings is 1. The first kappa shape index (κ1) is 11.1. The molecule has 0 aliphatic heterocycles. The van der Waals surface area contributed by atoms with E-state index in [9.17, 15) is 0 Å². The predicted octanol–water partition coefficient (Wildman–Crippen LogP) is 3.29. The molecule has 1 aromatic carbocycles. The van der Waals surface area contributed by atoms with Gasteiger partial charge in [0.15, 0.2) is 0 Å². The number of aromatic nitrogens is 2. The second-order valence-electron chi connectivity index (χ2n) is 2.95. The van der Waals surface area contributed by atoms with Gasteiger partial charge < -0.3 is 0 Å². The summed E-state index contributed by atoms with van der Waals surface area (Å²) in [5, 5.41) is 0.195. The van der Waals surface area contributed by atoms with Crippen LogP contribution in [0.3, 0.4) is 0 Å². The van der Waals surface area contributed by atoms with E-state index in [0.717, 1.165) is 10.0 Å². The maximum absolute atomic E-state index is 5.69. The summed E-state index contributed by atoms with van der Waals surface area (Å²) in [5.74, 6) is 5.94. The Hall–Kier alpha value is -1.37. The molecule has 0 radical (unpaired) electrons. The Morgan fingerprint density at radius 3 is 2.62 bits per heavy atom. The van der Waals surface area contributed by atoms with E-state index < -0.39 is 0 Å². The third kappa shape index (κ3) is 2.82. The number of hydrogen-bond acceptors (Lipinski definition) is 2. The molecule has 2 nitrogen and oxygen atoms in total. The molecule has 1 heterocycles. The largest absolute Gasteiger partial charge is 0.225 e. The van der Waals surface area contributed by atoms with Crippen molar-refractivity contribution in [1.82, 2.24) is 9.97 Å². The highest BCUT2D eigenvalue weighted by atomic mass is 79.9. The Labute approximate surface area is 107 Å². The smallest absolute Gasteiger partial charge is 0.223 e. The van der Waals surface area contributed by atoms with Crippen LogP contribution in [0.4, 0.5) is 0 Å². The van der Waals surface area contributed by atoms with Gasteiger partial charge in [-0.05, 0) is 45.6 Å². The molecule has 0 saturated carbocycles. The van der Waals surface area contributed by atoms with Crippen molar-refractivity contribution < 1.29 is 0 Å². The van der Waals surface area contributed by atoms with Gasteiger partial charge in [0.05, 0.1) is 4.47 Å². The Bertz CT molecular complexity index is 558. The Morgan fingerprint density at radius 1 is 1.12 bits per heavy atom. The van der Waals surface area contributed by atoms with Gasteiger partial charge in [0.1, 0.15) is 5.69 Å². The van der Waals surface area contributed by atoms with Crippen molar-refractivity contribution >= 4 is 27.5 Å². The Kier molecular flexibility index (Phi) is 3.55. The molecule has 0 atom stereocenters. The molecule has 1 aromatic heterocycles. The van der Waals surface area contributed by atoms with Gasteiger partial charge in [-0.1, -0.05) is 24.1 Å². The fourth-order valence-corrected chi connectivity index (χ4v) is 1.51. The third-order valence-corrected chi connectivity index (χ3v) is 2.58. The molecule has 0 spiro atoms. The van der Waals surface area contributed by atoms with E-state index in [1.807, 2.05) is 30.3 Å². The minimum atomic E-state index is 0.195. The normalized spacial score (nSPS) is 9.38. The summed E-state index contributed by atoms with van der Waals surface area (Å²) in [4.78, 5) is 7.86. The van der Waals surface area contributed by atoms with Crippen LogP contribution in [-0.4, -0.2) is 9.97 Å². The van der Waals surface area contributed by atoms with E-state index in [2.05, 4.69) is 37.7 Å². The molecule has 2 aromatic rings. The van der Waals surface area contributed by atoms with Crippen molar-refractivity contribution in [1.29, 1.82) is 0 Å². The number of halogens is 2. The topological polar surface area (TPSA) is 25.8 Å². The van der Waals surface area contributed by atoms with Crippen LogP contribution in [-0.2, 0) is 0 Å². The van der Waals surface area contributed by atoms with Crippen LogP contribution in [0.5, 0.6) is 0 Å². The van der Waals surface area contributed by atoms with Crippen LogP contribution in [0.25, 0.3) is 0 Å². The van der Waals surface area contributed by atoms with Crippen LogP contribution in [0.15, 0.2) is 41.0 Å². The maximum Gasteiger partial charge on any atom is 0.223 e. The Balaban J connectivity index is 2.34. The summed E-state index contributed by atoms with van der Waals surface area (Å²) >= 11 is 9.01. The van der Waals surface area contributed by atoms with Gasteiger partial charge in [0, 0.05) is 11.8 Å². The molecule has 0 amide bonds. The summed E-state index contributed by atoms with van der Waals surface area (Å²) in [6.07, 6.45) is 1.59. The first-order valence-corrected chi connectivity index (χ1v) is 5.68. The molecule has 0 fully saturated rings. The van der Waals surface area contributed by atoms with E-state index in [4.69, 9.17) is 11.6 Å². The summed E-state index contributed by atoms with van der Waals surface area (Å²) in [6, 6.07) is 9.69. The molecule has 0 aliphatic carbocycles. The van der Waals surface area contributed by atoms with Crippen molar-refractivity contribution in [2.24, 2.45) is 0 Å². The molecular formula is C12H6BrClN2. The lowest BCUT2D eigenvalue weighted by atomic mass is 10.2. The van der Waals surface area contributed by atoms with E-state index in [1.165, 1.54) is 0 Å². The molecule has 78 valence electrons. The summed E-state index contributed by atoms with van der Waals surface area (Å²) in [7, 11) is 0. The summed E-state index contributed by atoms with van der Waals surface area (Å²) < 4.78 is 0.736. The van der Waals surface area contributed by atoms with Crippen molar-refractivity contribution in [3.63, 3.8) is 0 Å². The quantitative estimate of drug-likeness (QED) is 0.550. The van der Waals surface area contributed by atoms with Gasteiger partial charge in [-0.15, -0.1) is 0 Å². The first-order chi connectivity index (χ1) is 7.75. The van der Waals surface area contributed by atoms with Crippen LogP contribution in [0.1, 0.15) is 11.3 Å². The Morgan fingerprint density at radius 2 is 1.88 bits per heavy atom. The third-order valence-electron chi connectivity index (χ3n) is 1.81. The SMILES string of the molecule is Clc1ncc(Br)c(C#Cc2ccccc2)n1. The van der Waals surface area contributed by atoms with Gasteiger partial charge >= 0.3 is 0 Å². The molecule has 16 heavy (non-hydrogen) atoms. The highest BCUT2D eigenvalue weighted by molar-refractivity contribution is 9.10. The fourth-order valence-electron chi connectivity index (χ4n) is 1.09. The highest BCUT2D eigenvalue weighted by Gasteiger charge is 1.99. The zero-order valence-corrected chi connectivity index (χ0v) is 10.5. The van der Waals surface area contributed by atoms with Gasteiger partial charge in [0.2, 0.25) is 5.28 Å². The number of rotatable bonds is 0. The molecule has 0 aliphatic rings. The number of nitrogens with zero attached hydrogens (tertiary/aromatic N) is 2. The van der Waals surface area contributed by atoms with E-state index in [0.29, 0.717) is 5.69 Å². The van der Waals surface area contributed by atoms with Gasteiger partial charge in [-0.25, -0.2) is 9.97 Å². The fraction of sp³-hybridized carbons (Fsp3) is 0. The van der Waals surface area contributed by atoms with Crippen molar-refractivity contribution in [3.05, 3.63) is 57.5 Å². The minimum absolute atomic E-state index is 0.195. The average molecular weight is 294 g/mol. The van der Waals surface area contributed by atoms with Crippen LogP contribution < -0.4 is 0 Å². The van der Waals surface area contributed by atoms with E-state index >= 15 is 0 Å². The lowest BCUT2D eigenvalue weighted by molar-refractivity contribution is 1.13. The predicted molar refractivity (Wildman–Crippen MR) is 67.2 cm³/mol. The lowest BCUT2D eigenvalue weighted by Gasteiger charge is -1.94. The molecule has 4 heteroatoms. The molecule has 0 bridgehead atoms. The standard InChI is InChI=1S/C12H6BrClN2/c13-10-8-15-12(14)16-11(10)7-6-9-4-2-1-3-5-9/h1-5,8H. The molecular weight excluding hydrogens is 288 g/mol. The summed E-state index contributed by atoms with van der Waals surface area (Å²) in [5.41, 5.74) is 1.52. The second kappa shape index (κ2) is 5.11. The molecule has 0 unspecified atom stereocenters. The zero-order valence-electron chi connectivity index (χ0n) is 8.11. The second-order valence-corrected chi connectivity index (χ2v) is 4.14.